The largest absolute Gasteiger partial charge is 0.458 e. The van der Waals surface area contributed by atoms with Gasteiger partial charge in [0.05, 0.1) is 5.56 Å². The normalized spacial score (nSPS) is 23.0. The van der Waals surface area contributed by atoms with Crippen molar-refractivity contribution in [3.8, 4) is 11.8 Å². The van der Waals surface area contributed by atoms with Crippen LogP contribution in [0, 0.1) is 41.2 Å². The second kappa shape index (κ2) is 11.3. The Morgan fingerprint density at radius 2 is 1.67 bits per heavy atom. The van der Waals surface area contributed by atoms with Crippen LogP contribution in [0.15, 0.2) is 30.1 Å². The Bertz CT molecular complexity index is 1170. The van der Waals surface area contributed by atoms with Gasteiger partial charge in [-0.05, 0) is 72.1 Å². The van der Waals surface area contributed by atoms with Crippen LogP contribution in [0.5, 0.6) is 0 Å². The van der Waals surface area contributed by atoms with Gasteiger partial charge in [0.25, 0.3) is 0 Å². The fourth-order valence-electron chi connectivity index (χ4n) is 6.02. The second-order valence-corrected chi connectivity index (χ2v) is 10.4. The first-order chi connectivity index (χ1) is 17.2. The molecule has 0 radical (unpaired) electrons. The number of rotatable bonds is 6. The van der Waals surface area contributed by atoms with Crippen molar-refractivity contribution >= 4 is 16.3 Å². The number of allylic oxidation sites excluding steroid dienone is 2. The molecule has 0 N–H and O–H groups in total. The standard InChI is InChI=1S/C30H32F6/c1-2-3-4-5-19-6-8-20(9-7-19)21-10-12-24(27(31)17-21)22-11-13-25-23(16-22)18-28(32)26(29(25)33)14-15-30(34,35)36/h11,13,16,18-21H,2-10,12,17H2,1H3. The molecule has 1 fully saturated rings. The Kier molecular flexibility index (Phi) is 8.37. The molecule has 6 heteroatoms. The minimum Gasteiger partial charge on any atom is -0.211 e. The van der Waals surface area contributed by atoms with E-state index >= 15 is 4.39 Å². The summed E-state index contributed by atoms with van der Waals surface area (Å²) in [6, 6.07) is 5.40. The highest BCUT2D eigenvalue weighted by Crippen LogP contribution is 2.45. The third-order valence-corrected chi connectivity index (χ3v) is 8.01. The third kappa shape index (κ3) is 6.28. The summed E-state index contributed by atoms with van der Waals surface area (Å²) in [7, 11) is 0. The van der Waals surface area contributed by atoms with Gasteiger partial charge in [-0.15, -0.1) is 0 Å². The molecule has 0 amide bonds. The summed E-state index contributed by atoms with van der Waals surface area (Å²) >= 11 is 0. The molecule has 2 aromatic rings. The van der Waals surface area contributed by atoms with Crippen LogP contribution in [0.2, 0.25) is 0 Å². The van der Waals surface area contributed by atoms with Crippen molar-refractivity contribution in [1.29, 1.82) is 0 Å². The van der Waals surface area contributed by atoms with Crippen LogP contribution in [0.3, 0.4) is 0 Å². The smallest absolute Gasteiger partial charge is 0.211 e. The minimum absolute atomic E-state index is 0.0444. The van der Waals surface area contributed by atoms with E-state index in [1.807, 2.05) is 0 Å². The summed E-state index contributed by atoms with van der Waals surface area (Å²) in [4.78, 5) is 0. The fraction of sp³-hybridized carbons (Fsp3) is 0.533. The van der Waals surface area contributed by atoms with Gasteiger partial charge in [0, 0.05) is 17.7 Å². The molecule has 0 aromatic heterocycles. The number of benzene rings is 2. The average Bonchev–Trinajstić information content (AvgIpc) is 2.83. The average molecular weight is 507 g/mol. The maximum Gasteiger partial charge on any atom is 0.458 e. The summed E-state index contributed by atoms with van der Waals surface area (Å²) in [6.07, 6.45) is 6.95. The van der Waals surface area contributed by atoms with Crippen molar-refractivity contribution in [3.05, 3.63) is 52.9 Å². The van der Waals surface area contributed by atoms with Gasteiger partial charge in [-0.25, -0.2) is 13.2 Å². The second-order valence-electron chi connectivity index (χ2n) is 10.4. The Morgan fingerprint density at radius 3 is 2.33 bits per heavy atom. The lowest BCUT2D eigenvalue weighted by molar-refractivity contribution is -0.0696. The van der Waals surface area contributed by atoms with Crippen LogP contribution < -0.4 is 0 Å². The molecule has 4 rings (SSSR count). The summed E-state index contributed by atoms with van der Waals surface area (Å²) in [6.45, 7) is 2.22. The van der Waals surface area contributed by atoms with E-state index in [1.165, 1.54) is 50.7 Å². The van der Waals surface area contributed by atoms with Crippen molar-refractivity contribution in [3.63, 3.8) is 0 Å². The van der Waals surface area contributed by atoms with Crippen molar-refractivity contribution in [2.45, 2.75) is 83.7 Å². The molecule has 2 aliphatic carbocycles. The molecule has 1 saturated carbocycles. The van der Waals surface area contributed by atoms with E-state index in [0.29, 0.717) is 35.8 Å². The van der Waals surface area contributed by atoms with Crippen LogP contribution in [0.1, 0.15) is 88.7 Å². The Labute approximate surface area is 209 Å². The SMILES string of the molecule is CCCCCC1CCC(C2CCC(c3ccc4c(F)c(C#CC(F)(F)F)c(F)cc4c3)=C(F)C2)CC1. The van der Waals surface area contributed by atoms with E-state index in [9.17, 15) is 22.0 Å². The number of fused-ring (bicyclic) bond motifs is 1. The summed E-state index contributed by atoms with van der Waals surface area (Å²) in [5, 5.41) is 0.126. The van der Waals surface area contributed by atoms with Gasteiger partial charge < -0.3 is 0 Å². The van der Waals surface area contributed by atoms with Crippen LogP contribution in [-0.2, 0) is 0 Å². The molecule has 2 aliphatic rings. The Morgan fingerprint density at radius 1 is 0.917 bits per heavy atom. The molecule has 0 bridgehead atoms. The summed E-state index contributed by atoms with van der Waals surface area (Å²) < 4.78 is 81.5. The van der Waals surface area contributed by atoms with Crippen molar-refractivity contribution in [2.24, 2.45) is 17.8 Å². The highest BCUT2D eigenvalue weighted by molar-refractivity contribution is 5.88. The van der Waals surface area contributed by atoms with Gasteiger partial charge in [0.15, 0.2) is 0 Å². The minimum atomic E-state index is -4.85. The van der Waals surface area contributed by atoms with Gasteiger partial charge in [-0.3, -0.25) is 0 Å². The van der Waals surface area contributed by atoms with Gasteiger partial charge in [-0.1, -0.05) is 63.5 Å². The first kappa shape index (κ1) is 26.6. The molecule has 0 aliphatic heterocycles. The Hall–Kier alpha value is -2.42. The summed E-state index contributed by atoms with van der Waals surface area (Å²) in [5.41, 5.74) is 0.202. The van der Waals surface area contributed by atoms with Crippen LogP contribution in [0.25, 0.3) is 16.3 Å². The number of unbranched alkanes of at least 4 members (excludes halogenated alkanes) is 2. The zero-order valence-electron chi connectivity index (χ0n) is 20.6. The first-order valence-corrected chi connectivity index (χ1v) is 13.1. The molecule has 0 spiro atoms. The van der Waals surface area contributed by atoms with E-state index in [1.54, 1.807) is 12.0 Å². The van der Waals surface area contributed by atoms with Crippen molar-refractivity contribution < 1.29 is 26.3 Å². The molecular weight excluding hydrogens is 474 g/mol. The quantitative estimate of drug-likeness (QED) is 0.208. The molecule has 2 aromatic carbocycles. The van der Waals surface area contributed by atoms with Gasteiger partial charge in [0.2, 0.25) is 0 Å². The monoisotopic (exact) mass is 506 g/mol. The van der Waals surface area contributed by atoms with Crippen molar-refractivity contribution in [2.75, 3.05) is 0 Å². The summed E-state index contributed by atoms with van der Waals surface area (Å²) in [5.74, 6) is 1.68. The van der Waals surface area contributed by atoms with E-state index in [0.717, 1.165) is 37.2 Å². The number of hydrogen-bond acceptors (Lipinski definition) is 0. The van der Waals surface area contributed by atoms with Crippen LogP contribution >= 0.6 is 0 Å². The first-order valence-electron chi connectivity index (χ1n) is 13.1. The van der Waals surface area contributed by atoms with Gasteiger partial charge in [-0.2, -0.15) is 13.2 Å². The number of hydrogen-bond donors (Lipinski definition) is 0. The molecule has 1 atom stereocenters. The number of halogens is 6. The molecule has 0 nitrogen and oxygen atoms in total. The van der Waals surface area contributed by atoms with Gasteiger partial charge in [0.1, 0.15) is 17.5 Å². The van der Waals surface area contributed by atoms with E-state index < -0.39 is 23.4 Å². The molecule has 0 heterocycles. The Balaban J connectivity index is 1.47. The highest BCUT2D eigenvalue weighted by atomic mass is 19.4. The predicted octanol–water partition coefficient (Wildman–Crippen LogP) is 9.90. The van der Waals surface area contributed by atoms with E-state index in [-0.39, 0.29) is 16.6 Å². The van der Waals surface area contributed by atoms with Gasteiger partial charge >= 0.3 is 6.18 Å². The molecule has 36 heavy (non-hydrogen) atoms. The lowest BCUT2D eigenvalue weighted by Crippen LogP contribution is -2.24. The van der Waals surface area contributed by atoms with Crippen molar-refractivity contribution in [1.82, 2.24) is 0 Å². The lowest BCUT2D eigenvalue weighted by atomic mass is 9.70. The zero-order chi connectivity index (χ0) is 25.9. The number of alkyl halides is 3. The molecular formula is C30H32F6. The maximum atomic E-state index is 15.3. The highest BCUT2D eigenvalue weighted by Gasteiger charge is 2.31. The maximum absolute atomic E-state index is 15.3. The predicted molar refractivity (Wildman–Crippen MR) is 132 cm³/mol. The molecule has 194 valence electrons. The topological polar surface area (TPSA) is 0 Å². The third-order valence-electron chi connectivity index (χ3n) is 8.01. The fourth-order valence-corrected chi connectivity index (χ4v) is 6.02. The zero-order valence-corrected chi connectivity index (χ0v) is 20.6. The molecule has 1 unspecified atom stereocenters. The van der Waals surface area contributed by atoms with E-state index in [2.05, 4.69) is 6.92 Å². The van der Waals surface area contributed by atoms with Crippen LogP contribution in [0.4, 0.5) is 26.3 Å². The van der Waals surface area contributed by atoms with E-state index in [4.69, 9.17) is 0 Å². The molecule has 0 saturated heterocycles. The lowest BCUT2D eigenvalue weighted by Gasteiger charge is -2.36. The van der Waals surface area contributed by atoms with Crippen LogP contribution in [-0.4, -0.2) is 6.18 Å².